The van der Waals surface area contributed by atoms with Crippen LogP contribution in [-0.2, 0) is 30.6 Å². The second-order valence-electron chi connectivity index (χ2n) is 9.64. The van der Waals surface area contributed by atoms with Crippen LogP contribution in [0.15, 0.2) is 54.9 Å². The van der Waals surface area contributed by atoms with Crippen molar-refractivity contribution >= 4 is 5.97 Å². The fourth-order valence-corrected chi connectivity index (χ4v) is 5.37. The van der Waals surface area contributed by atoms with E-state index in [0.717, 1.165) is 36.0 Å². The average Bonchev–Trinajstić information content (AvgIpc) is 3.48. The molecule has 0 saturated carbocycles. The van der Waals surface area contributed by atoms with Gasteiger partial charge in [0, 0.05) is 36.8 Å². The van der Waals surface area contributed by atoms with E-state index >= 15 is 0 Å². The fraction of sp³-hybridized carbons (Fsp3) is 0.414. The summed E-state index contributed by atoms with van der Waals surface area (Å²) in [5.74, 6) is 1.02. The Bertz CT molecular complexity index is 1120. The number of ether oxygens (including phenoxy) is 2. The molecule has 0 unspecified atom stereocenters. The minimum absolute atomic E-state index is 0.0360. The van der Waals surface area contributed by atoms with Gasteiger partial charge in [-0.3, -0.25) is 4.79 Å². The number of aliphatic hydroxyl groups is 1. The molecule has 0 amide bonds. The maximum atomic E-state index is 11.6. The van der Waals surface area contributed by atoms with E-state index in [1.807, 2.05) is 37.5 Å². The highest BCUT2D eigenvalue weighted by Gasteiger charge is 2.30. The van der Waals surface area contributed by atoms with Crippen LogP contribution in [0.2, 0.25) is 0 Å². The van der Waals surface area contributed by atoms with Crippen molar-refractivity contribution in [2.24, 2.45) is 11.8 Å². The van der Waals surface area contributed by atoms with Crippen LogP contribution in [-0.4, -0.2) is 35.0 Å². The SMILES string of the molecule is COc1cc([C@@H](O)[C@@H](CC2Cc3ccccc3C2)Cn2ccc(CCC(=O)O)c2)cc(OC)c1C. The number of rotatable bonds is 11. The quantitative estimate of drug-likeness (QED) is 0.407. The van der Waals surface area contributed by atoms with Gasteiger partial charge in [-0.2, -0.15) is 0 Å². The molecule has 35 heavy (non-hydrogen) atoms. The molecule has 0 spiro atoms. The predicted molar refractivity (Wildman–Crippen MR) is 135 cm³/mol. The first-order valence-corrected chi connectivity index (χ1v) is 12.2. The molecule has 4 rings (SSSR count). The third kappa shape index (κ3) is 5.88. The van der Waals surface area contributed by atoms with Gasteiger partial charge in [0.2, 0.25) is 0 Å². The highest BCUT2D eigenvalue weighted by atomic mass is 16.5. The summed E-state index contributed by atoms with van der Waals surface area (Å²) < 4.78 is 13.2. The van der Waals surface area contributed by atoms with E-state index in [1.54, 1.807) is 14.2 Å². The van der Waals surface area contributed by atoms with E-state index in [-0.39, 0.29) is 12.3 Å². The monoisotopic (exact) mass is 477 g/mol. The maximum absolute atomic E-state index is 11.6. The molecule has 1 aliphatic rings. The number of benzene rings is 2. The van der Waals surface area contributed by atoms with Crippen molar-refractivity contribution in [2.45, 2.75) is 51.7 Å². The molecule has 0 bridgehead atoms. The van der Waals surface area contributed by atoms with Crippen molar-refractivity contribution in [3.05, 3.63) is 82.7 Å². The fourth-order valence-electron chi connectivity index (χ4n) is 5.37. The molecule has 2 aromatic carbocycles. The number of fused-ring (bicyclic) bond motifs is 1. The van der Waals surface area contributed by atoms with Gasteiger partial charge < -0.3 is 24.3 Å². The highest BCUT2D eigenvalue weighted by Crippen LogP contribution is 2.39. The number of carboxylic acids is 1. The van der Waals surface area contributed by atoms with E-state index in [0.29, 0.717) is 30.4 Å². The van der Waals surface area contributed by atoms with E-state index in [1.165, 1.54) is 11.1 Å². The number of aryl methyl sites for hydroxylation is 1. The smallest absolute Gasteiger partial charge is 0.303 e. The number of aromatic nitrogens is 1. The number of nitrogens with zero attached hydrogens (tertiary/aromatic N) is 1. The minimum atomic E-state index is -0.797. The standard InChI is InChI=1S/C29H35NO5/c1-19-26(34-2)15-24(16-27(19)35-3)29(33)25(14-21-12-22-6-4-5-7-23(22)13-21)18-30-11-10-20(17-30)8-9-28(31)32/h4-7,10-11,15-17,21,25,29,33H,8-9,12-14,18H2,1-3H3,(H,31,32)/t25-,29+/m0/s1. The number of hydrogen-bond acceptors (Lipinski definition) is 4. The van der Waals surface area contributed by atoms with Crippen LogP contribution >= 0.6 is 0 Å². The van der Waals surface area contributed by atoms with E-state index in [9.17, 15) is 9.90 Å². The molecular weight excluding hydrogens is 442 g/mol. The number of methoxy groups -OCH3 is 2. The van der Waals surface area contributed by atoms with Gasteiger partial charge in [0.15, 0.2) is 0 Å². The second-order valence-corrected chi connectivity index (χ2v) is 9.64. The van der Waals surface area contributed by atoms with Crippen LogP contribution in [0.3, 0.4) is 0 Å². The van der Waals surface area contributed by atoms with Crippen LogP contribution < -0.4 is 9.47 Å². The summed E-state index contributed by atoms with van der Waals surface area (Å²) in [6, 6.07) is 14.4. The van der Waals surface area contributed by atoms with Crippen molar-refractivity contribution in [3.63, 3.8) is 0 Å². The normalized spacial score (nSPS) is 15.0. The first-order chi connectivity index (χ1) is 16.9. The molecule has 0 aliphatic heterocycles. The van der Waals surface area contributed by atoms with Crippen molar-refractivity contribution in [3.8, 4) is 11.5 Å². The minimum Gasteiger partial charge on any atom is -0.496 e. The van der Waals surface area contributed by atoms with Gasteiger partial charge in [-0.1, -0.05) is 24.3 Å². The van der Waals surface area contributed by atoms with Crippen LogP contribution in [0.1, 0.15) is 46.8 Å². The Morgan fingerprint density at radius 2 is 1.71 bits per heavy atom. The van der Waals surface area contributed by atoms with Crippen LogP contribution in [0.4, 0.5) is 0 Å². The summed E-state index contributed by atoms with van der Waals surface area (Å²) in [4.78, 5) is 11.0. The predicted octanol–water partition coefficient (Wildman–Crippen LogP) is 4.99. The summed E-state index contributed by atoms with van der Waals surface area (Å²) in [5, 5.41) is 20.6. The zero-order chi connectivity index (χ0) is 24.9. The molecule has 186 valence electrons. The molecule has 2 N–H and O–H groups in total. The van der Waals surface area contributed by atoms with Gasteiger partial charge in [0.25, 0.3) is 0 Å². The van der Waals surface area contributed by atoms with Gasteiger partial charge in [-0.05, 0) is 79.0 Å². The largest absolute Gasteiger partial charge is 0.496 e. The molecule has 1 aliphatic carbocycles. The Morgan fingerprint density at radius 3 is 2.29 bits per heavy atom. The van der Waals surface area contributed by atoms with Crippen molar-refractivity contribution < 1.29 is 24.5 Å². The molecule has 1 aromatic heterocycles. The average molecular weight is 478 g/mol. The van der Waals surface area contributed by atoms with Gasteiger partial charge in [0.1, 0.15) is 11.5 Å². The number of hydrogen-bond donors (Lipinski definition) is 2. The van der Waals surface area contributed by atoms with Crippen LogP contribution in [0.25, 0.3) is 0 Å². The first kappa shape index (κ1) is 24.9. The molecular formula is C29H35NO5. The zero-order valence-corrected chi connectivity index (χ0v) is 20.7. The molecule has 0 radical (unpaired) electrons. The number of aliphatic hydroxyl groups excluding tert-OH is 1. The molecule has 3 aromatic rings. The second kappa shape index (κ2) is 11.0. The van der Waals surface area contributed by atoms with Gasteiger partial charge in [-0.15, -0.1) is 0 Å². The lowest BCUT2D eigenvalue weighted by Gasteiger charge is -2.27. The first-order valence-electron chi connectivity index (χ1n) is 12.2. The Balaban J connectivity index is 1.58. The van der Waals surface area contributed by atoms with Crippen LogP contribution in [0, 0.1) is 18.8 Å². The summed E-state index contributed by atoms with van der Waals surface area (Å²) >= 11 is 0. The molecule has 6 heteroatoms. The third-order valence-corrected chi connectivity index (χ3v) is 7.22. The third-order valence-electron chi connectivity index (χ3n) is 7.22. The number of carbonyl (C=O) groups is 1. The van der Waals surface area contributed by atoms with E-state index in [4.69, 9.17) is 14.6 Å². The Kier molecular flexibility index (Phi) is 7.81. The lowest BCUT2D eigenvalue weighted by molar-refractivity contribution is -0.136. The summed E-state index contributed by atoms with van der Waals surface area (Å²) in [6.45, 7) is 2.58. The summed E-state index contributed by atoms with van der Waals surface area (Å²) in [5.41, 5.74) is 5.49. The maximum Gasteiger partial charge on any atom is 0.303 e. The molecule has 6 nitrogen and oxygen atoms in total. The van der Waals surface area contributed by atoms with E-state index in [2.05, 4.69) is 28.8 Å². The lowest BCUT2D eigenvalue weighted by atomic mass is 9.85. The van der Waals surface area contributed by atoms with Crippen LogP contribution in [0.5, 0.6) is 11.5 Å². The highest BCUT2D eigenvalue weighted by molar-refractivity contribution is 5.67. The topological polar surface area (TPSA) is 80.9 Å². The van der Waals surface area contributed by atoms with Gasteiger partial charge >= 0.3 is 5.97 Å². The summed E-state index contributed by atoms with van der Waals surface area (Å²) in [7, 11) is 3.26. The Hall–Kier alpha value is -3.25. The molecule has 1 heterocycles. The van der Waals surface area contributed by atoms with E-state index < -0.39 is 12.1 Å². The van der Waals surface area contributed by atoms with Gasteiger partial charge in [0.05, 0.1) is 20.3 Å². The zero-order valence-electron chi connectivity index (χ0n) is 20.7. The van der Waals surface area contributed by atoms with Gasteiger partial charge in [-0.25, -0.2) is 0 Å². The lowest BCUT2D eigenvalue weighted by Crippen LogP contribution is -2.22. The van der Waals surface area contributed by atoms with Crippen molar-refractivity contribution in [2.75, 3.05) is 14.2 Å². The van der Waals surface area contributed by atoms with Crippen molar-refractivity contribution in [1.82, 2.24) is 4.57 Å². The molecule has 0 saturated heterocycles. The molecule has 0 fully saturated rings. The number of carboxylic acid groups (broad SMARTS) is 1. The Morgan fingerprint density at radius 1 is 1.09 bits per heavy atom. The Labute approximate surface area is 207 Å². The summed E-state index contributed by atoms with van der Waals surface area (Å²) in [6.07, 6.45) is 6.81. The molecule has 2 atom stereocenters. The van der Waals surface area contributed by atoms with Crippen molar-refractivity contribution in [1.29, 1.82) is 0 Å². The number of aliphatic carboxylic acids is 1.